The van der Waals surface area contributed by atoms with E-state index in [-0.39, 0.29) is 18.1 Å². The maximum Gasteiger partial charge on any atom is 0.262 e. The Balaban J connectivity index is 1.42. The van der Waals surface area contributed by atoms with Crippen molar-refractivity contribution < 1.29 is 23.8 Å². The third kappa shape index (κ3) is 10.1. The standard InChI is InChI=1S/C34H32Cl3N3O5/c1-3-43-32-18-24(13-15-31(32)44-21-25-11-7-8-12-27(25)36)20-38-40-34(42)29(17-23-9-5-4-6-10-23)39-33(41)22(2)45-30-16-14-26(35)19-28(30)37/h4-16,18-20,22,29H,3,17,21H2,1-2H3,(H,39,41)(H,40,42)/b38-20-/t22-,29-/m1/s1. The van der Waals surface area contributed by atoms with Gasteiger partial charge in [0.05, 0.1) is 17.8 Å². The summed E-state index contributed by atoms with van der Waals surface area (Å²) in [5.41, 5.74) is 4.89. The lowest BCUT2D eigenvalue weighted by atomic mass is 10.1. The van der Waals surface area contributed by atoms with Gasteiger partial charge >= 0.3 is 0 Å². The summed E-state index contributed by atoms with van der Waals surface area (Å²) in [6, 6.07) is 25.8. The molecular formula is C34H32Cl3N3O5. The van der Waals surface area contributed by atoms with E-state index in [0.717, 1.165) is 11.1 Å². The van der Waals surface area contributed by atoms with E-state index < -0.39 is 24.0 Å². The molecule has 0 heterocycles. The van der Waals surface area contributed by atoms with E-state index in [2.05, 4.69) is 15.8 Å². The first-order chi connectivity index (χ1) is 21.7. The summed E-state index contributed by atoms with van der Waals surface area (Å²) in [5, 5.41) is 8.22. The predicted octanol–water partition coefficient (Wildman–Crippen LogP) is 7.27. The zero-order chi connectivity index (χ0) is 32.2. The minimum absolute atomic E-state index is 0.230. The first-order valence-corrected chi connectivity index (χ1v) is 15.3. The Morgan fingerprint density at radius 2 is 1.56 bits per heavy atom. The Morgan fingerprint density at radius 1 is 0.822 bits per heavy atom. The van der Waals surface area contributed by atoms with Gasteiger partial charge in [-0.3, -0.25) is 9.59 Å². The summed E-state index contributed by atoms with van der Waals surface area (Å²) in [6.45, 7) is 4.13. The number of rotatable bonds is 14. The number of carbonyl (C=O) groups excluding carboxylic acids is 2. The fraction of sp³-hybridized carbons (Fsp3) is 0.206. The highest BCUT2D eigenvalue weighted by atomic mass is 35.5. The summed E-state index contributed by atoms with van der Waals surface area (Å²) >= 11 is 18.4. The number of nitrogens with zero attached hydrogens (tertiary/aromatic N) is 1. The van der Waals surface area contributed by atoms with E-state index in [1.54, 1.807) is 43.3 Å². The van der Waals surface area contributed by atoms with Crippen molar-refractivity contribution in [3.05, 3.63) is 123 Å². The van der Waals surface area contributed by atoms with Crippen LogP contribution in [0.4, 0.5) is 0 Å². The third-order valence-corrected chi connectivity index (χ3v) is 7.38. The van der Waals surface area contributed by atoms with Crippen molar-refractivity contribution in [2.45, 2.75) is 39.0 Å². The van der Waals surface area contributed by atoms with Crippen LogP contribution in [-0.4, -0.2) is 36.8 Å². The molecule has 2 amide bonds. The number of hydrogen-bond donors (Lipinski definition) is 2. The molecule has 0 aromatic heterocycles. The molecule has 0 saturated heterocycles. The minimum atomic E-state index is -0.950. The lowest BCUT2D eigenvalue weighted by Gasteiger charge is -2.21. The van der Waals surface area contributed by atoms with E-state index in [1.807, 2.05) is 55.5 Å². The highest BCUT2D eigenvalue weighted by Gasteiger charge is 2.25. The molecule has 11 heteroatoms. The molecule has 234 valence electrons. The molecule has 0 bridgehead atoms. The van der Waals surface area contributed by atoms with E-state index in [1.165, 1.54) is 12.3 Å². The smallest absolute Gasteiger partial charge is 0.262 e. The maximum absolute atomic E-state index is 13.2. The van der Waals surface area contributed by atoms with E-state index in [4.69, 9.17) is 49.0 Å². The number of nitrogens with one attached hydrogen (secondary N) is 2. The van der Waals surface area contributed by atoms with Crippen molar-refractivity contribution in [1.29, 1.82) is 0 Å². The van der Waals surface area contributed by atoms with Gasteiger partial charge in [0.15, 0.2) is 17.6 Å². The van der Waals surface area contributed by atoms with Gasteiger partial charge in [0.1, 0.15) is 18.4 Å². The number of hydrazone groups is 1. The normalized spacial score (nSPS) is 12.3. The highest BCUT2D eigenvalue weighted by molar-refractivity contribution is 6.35. The van der Waals surface area contributed by atoms with Crippen LogP contribution in [-0.2, 0) is 22.6 Å². The number of carbonyl (C=O) groups is 2. The number of benzene rings is 4. The van der Waals surface area contributed by atoms with Crippen LogP contribution in [0.15, 0.2) is 96.1 Å². The molecule has 2 N–H and O–H groups in total. The molecule has 0 fully saturated rings. The molecule has 4 aromatic carbocycles. The summed E-state index contributed by atoms with van der Waals surface area (Å²) in [7, 11) is 0. The van der Waals surface area contributed by atoms with Gasteiger partial charge in [0.2, 0.25) is 0 Å². The second kappa shape index (κ2) is 16.7. The Labute approximate surface area is 277 Å². The van der Waals surface area contributed by atoms with Crippen LogP contribution >= 0.6 is 34.8 Å². The lowest BCUT2D eigenvalue weighted by molar-refractivity contribution is -0.132. The molecule has 45 heavy (non-hydrogen) atoms. The first kappa shape index (κ1) is 33.6. The fourth-order valence-electron chi connectivity index (χ4n) is 4.17. The minimum Gasteiger partial charge on any atom is -0.490 e. The number of ether oxygens (including phenoxy) is 3. The Kier molecular flexibility index (Phi) is 12.5. The van der Waals surface area contributed by atoms with Crippen LogP contribution in [0.2, 0.25) is 15.1 Å². The van der Waals surface area contributed by atoms with Gasteiger partial charge in [-0.2, -0.15) is 5.10 Å². The van der Waals surface area contributed by atoms with Crippen molar-refractivity contribution in [3.8, 4) is 17.2 Å². The molecule has 4 aromatic rings. The zero-order valence-electron chi connectivity index (χ0n) is 24.6. The van der Waals surface area contributed by atoms with Crippen molar-refractivity contribution in [2.24, 2.45) is 5.10 Å². The van der Waals surface area contributed by atoms with Gasteiger partial charge in [0, 0.05) is 22.0 Å². The largest absolute Gasteiger partial charge is 0.490 e. The Morgan fingerprint density at radius 3 is 2.29 bits per heavy atom. The van der Waals surface area contributed by atoms with Gasteiger partial charge in [-0.15, -0.1) is 0 Å². The van der Waals surface area contributed by atoms with Crippen LogP contribution in [0.3, 0.4) is 0 Å². The molecular weight excluding hydrogens is 637 g/mol. The quantitative estimate of drug-likeness (QED) is 0.109. The second-order valence-corrected chi connectivity index (χ2v) is 11.1. The number of halogens is 3. The summed E-state index contributed by atoms with van der Waals surface area (Å²) in [5.74, 6) is 0.340. The average molecular weight is 669 g/mol. The monoisotopic (exact) mass is 667 g/mol. The van der Waals surface area contributed by atoms with Crippen LogP contribution in [0.1, 0.15) is 30.5 Å². The molecule has 0 radical (unpaired) electrons. The molecule has 0 spiro atoms. The van der Waals surface area contributed by atoms with Gasteiger partial charge in [-0.1, -0.05) is 83.3 Å². The van der Waals surface area contributed by atoms with E-state index >= 15 is 0 Å². The van der Waals surface area contributed by atoms with E-state index in [0.29, 0.717) is 39.5 Å². The second-order valence-electron chi connectivity index (χ2n) is 9.84. The summed E-state index contributed by atoms with van der Waals surface area (Å²) < 4.78 is 17.5. The van der Waals surface area contributed by atoms with Crippen LogP contribution < -0.4 is 25.0 Å². The fourth-order valence-corrected chi connectivity index (χ4v) is 4.82. The van der Waals surface area contributed by atoms with Crippen LogP contribution in [0, 0.1) is 0 Å². The van der Waals surface area contributed by atoms with Crippen molar-refractivity contribution in [2.75, 3.05) is 6.61 Å². The Bertz CT molecular complexity index is 1630. The molecule has 0 saturated carbocycles. The van der Waals surface area contributed by atoms with Crippen LogP contribution in [0.25, 0.3) is 0 Å². The van der Waals surface area contributed by atoms with Crippen LogP contribution in [0.5, 0.6) is 17.2 Å². The molecule has 0 aliphatic carbocycles. The number of amides is 2. The third-order valence-electron chi connectivity index (χ3n) is 6.48. The molecule has 2 atom stereocenters. The van der Waals surface area contributed by atoms with Gasteiger partial charge < -0.3 is 19.5 Å². The lowest BCUT2D eigenvalue weighted by Crippen LogP contribution is -2.50. The maximum atomic E-state index is 13.2. The highest BCUT2D eigenvalue weighted by Crippen LogP contribution is 2.30. The average Bonchev–Trinajstić information content (AvgIpc) is 3.03. The summed E-state index contributed by atoms with van der Waals surface area (Å²) in [6.07, 6.45) is 0.760. The number of hydrogen-bond acceptors (Lipinski definition) is 6. The van der Waals surface area contributed by atoms with Crippen molar-refractivity contribution in [3.63, 3.8) is 0 Å². The molecule has 0 aliphatic heterocycles. The van der Waals surface area contributed by atoms with Crippen molar-refractivity contribution >= 4 is 52.8 Å². The topological polar surface area (TPSA) is 98.2 Å². The first-order valence-electron chi connectivity index (χ1n) is 14.2. The van der Waals surface area contributed by atoms with Gasteiger partial charge in [0.25, 0.3) is 11.8 Å². The zero-order valence-corrected chi connectivity index (χ0v) is 26.9. The van der Waals surface area contributed by atoms with E-state index in [9.17, 15) is 9.59 Å². The van der Waals surface area contributed by atoms with Crippen molar-refractivity contribution in [1.82, 2.24) is 10.7 Å². The SMILES string of the molecule is CCOc1cc(/C=N\NC(=O)[C@@H](Cc2ccccc2)NC(=O)[C@@H](C)Oc2ccc(Cl)cc2Cl)ccc1OCc1ccccc1Cl. The molecule has 4 rings (SSSR count). The molecule has 0 aliphatic rings. The Hall–Kier alpha value is -4.24. The van der Waals surface area contributed by atoms with Gasteiger partial charge in [-0.05, 0) is 67.4 Å². The molecule has 8 nitrogen and oxygen atoms in total. The van der Waals surface area contributed by atoms with Gasteiger partial charge in [-0.25, -0.2) is 5.43 Å². The summed E-state index contributed by atoms with van der Waals surface area (Å²) in [4.78, 5) is 26.3. The molecule has 0 unspecified atom stereocenters. The predicted molar refractivity (Wildman–Crippen MR) is 178 cm³/mol.